The van der Waals surface area contributed by atoms with Crippen LogP contribution in [0.3, 0.4) is 0 Å². The third kappa shape index (κ3) is 22.2. The molecule has 0 aliphatic carbocycles. The lowest BCUT2D eigenvalue weighted by atomic mass is 10.1. The third-order valence-corrected chi connectivity index (χ3v) is 13.2. The molecule has 11 rings (SSSR count). The number of carbonyl (C=O) groups excluding carboxylic acids is 2. The Morgan fingerprint density at radius 1 is 0.854 bits per heavy atom. The summed E-state index contributed by atoms with van der Waals surface area (Å²) in [6, 6.07) is 32.5. The molecule has 2 aliphatic rings. The van der Waals surface area contributed by atoms with Crippen molar-refractivity contribution in [1.82, 2.24) is 40.0 Å². The van der Waals surface area contributed by atoms with E-state index in [1.54, 1.807) is 49.8 Å². The number of nitrogens with zero attached hydrogens (tertiary/aromatic N) is 7. The van der Waals surface area contributed by atoms with Crippen LogP contribution in [0.5, 0.6) is 0 Å². The number of Topliss-reactive ketones (excluding diaryl/α,β-unsaturated/α-hetero) is 1. The zero-order chi connectivity index (χ0) is 57.1. The number of hydrogen-bond donors (Lipinski definition) is 6. The number of aliphatic imine (C=N–C) groups is 1. The minimum atomic E-state index is -0.864. The molecule has 2 aliphatic heterocycles. The van der Waals surface area contributed by atoms with E-state index in [1.807, 2.05) is 113 Å². The van der Waals surface area contributed by atoms with E-state index >= 15 is 0 Å². The summed E-state index contributed by atoms with van der Waals surface area (Å²) in [7, 11) is 1.93. The molecule has 0 saturated carbocycles. The molecule has 5 aromatic heterocycles. The summed E-state index contributed by atoms with van der Waals surface area (Å²) in [4.78, 5) is 57.3. The van der Waals surface area contributed by atoms with Gasteiger partial charge in [0, 0.05) is 79.5 Å². The number of nitrogens with two attached hydrogens (primary N) is 1. The van der Waals surface area contributed by atoms with Gasteiger partial charge in [-0.25, -0.2) is 29.5 Å². The number of aromatic carboxylic acids is 1. The number of hydrogen-bond acceptors (Lipinski definition) is 16. The normalized spacial score (nSPS) is 12.7. The highest BCUT2D eigenvalue weighted by Gasteiger charge is 2.20. The number of halogens is 5. The maximum absolute atomic E-state index is 12.2. The number of aromatic nitrogens is 7. The molecule has 1 fully saturated rings. The summed E-state index contributed by atoms with van der Waals surface area (Å²) in [5, 5.41) is 25.3. The molecule has 0 amide bonds. The number of benzene rings is 4. The molecular weight excluding hydrogens is 1260 g/mol. The quantitative estimate of drug-likeness (QED) is 0.0611. The molecular formula is C58H67Br2Cl3N12O6S. The van der Waals surface area contributed by atoms with E-state index in [0.717, 1.165) is 90.6 Å². The molecule has 0 spiro atoms. The highest BCUT2D eigenvalue weighted by molar-refractivity contribution is 9.10. The monoisotopic (exact) mass is 1320 g/mol. The van der Waals surface area contributed by atoms with E-state index < -0.39 is 17.7 Å². The van der Waals surface area contributed by atoms with Gasteiger partial charge in [-0.1, -0.05) is 84.0 Å². The van der Waals surface area contributed by atoms with Crippen LogP contribution in [-0.4, -0.2) is 109 Å². The summed E-state index contributed by atoms with van der Waals surface area (Å²) in [5.74, 6) is 0.452. The van der Waals surface area contributed by atoms with Crippen molar-refractivity contribution in [2.24, 2.45) is 10.7 Å². The molecule has 7 heterocycles. The summed E-state index contributed by atoms with van der Waals surface area (Å²) < 4.78 is 14.5. The summed E-state index contributed by atoms with van der Waals surface area (Å²) in [6.07, 6.45) is 9.32. The number of anilines is 4. The standard InChI is InChI=1S/C16H16ClN5O2.C14H11ClN4.C10H8BrNO.C9H5BrO2S.C4H9NO.C3H9N.2CH4.ClH/c1-16(2,3)24-15(23)22-12-5-4-11(8-10(12)9-19-22)20-13-6-7-18-14(17)21-13;15-14-17-8-6-13(19-14)18-12-3-1-10(2-4-12)11-5-7-16-9-11;1-6(13)9-4-7-2-3-8(11)5-10(7)12-9;10-6-2-1-5-3-8(9(11)12)13-7(5)4-6;5-4-1-2-6-3-4;1-3-4-2;;;/h4-9H,1-3H3,(H,18,20,21);1-6,8-9H,7H2,(H,17,18,19);2-5,12H,1H3;1-4H,(H,11,12);4H,1-3,5H2;4H,3H2,1-2H3;2*1H4;1H. The zero-order valence-electron chi connectivity index (χ0n) is 44.3. The number of thiophene rings is 1. The van der Waals surface area contributed by atoms with E-state index in [-0.39, 0.29) is 43.6 Å². The molecule has 18 nitrogen and oxygen atoms in total. The predicted molar refractivity (Wildman–Crippen MR) is 346 cm³/mol. The number of allylic oxidation sites excluding steroid dienone is 1. The molecule has 7 N–H and O–H groups in total. The largest absolute Gasteiger partial charge is 0.477 e. The Morgan fingerprint density at radius 3 is 1.99 bits per heavy atom. The smallest absolute Gasteiger partial charge is 0.435 e. The fraction of sp³-hybridized carbons (Fsp3) is 0.259. The van der Waals surface area contributed by atoms with Gasteiger partial charge in [-0.2, -0.15) is 9.78 Å². The van der Waals surface area contributed by atoms with Crippen LogP contribution in [0.2, 0.25) is 10.6 Å². The first-order valence-corrected chi connectivity index (χ1v) is 27.7. The lowest BCUT2D eigenvalue weighted by Gasteiger charge is -2.19. The van der Waals surface area contributed by atoms with Crippen LogP contribution < -0.4 is 21.7 Å². The van der Waals surface area contributed by atoms with Gasteiger partial charge in [0.1, 0.15) is 22.1 Å². The third-order valence-electron chi connectivity index (χ3n) is 10.8. The first-order chi connectivity index (χ1) is 37.8. The van der Waals surface area contributed by atoms with Gasteiger partial charge in [-0.15, -0.1) is 23.7 Å². The number of carboxylic acid groups (broad SMARTS) is 1. The van der Waals surface area contributed by atoms with Gasteiger partial charge in [0.2, 0.25) is 10.6 Å². The Labute approximate surface area is 514 Å². The van der Waals surface area contributed by atoms with Crippen LogP contribution in [0.15, 0.2) is 142 Å². The van der Waals surface area contributed by atoms with Gasteiger partial charge in [-0.05, 0) is 159 Å². The van der Waals surface area contributed by atoms with Gasteiger partial charge < -0.3 is 41.2 Å². The highest BCUT2D eigenvalue weighted by Crippen LogP contribution is 2.29. The topological polar surface area (TPSA) is 250 Å². The SMILES string of the molecule is C.C.CC(=O)c1cc2ccc(Br)cc2[nH]1.CC(C)(C)OC(=O)n1ncc2cc(Nc3ccnc(Cl)n3)ccc21.CCNC.Cl.Clc1nccc(Nc2ccc(C3=CCN=C3)cc2)n1.NC1CCOC1.O=C(O)c1cc2ccc(Br)cc2s1. The van der Waals surface area contributed by atoms with Crippen molar-refractivity contribution >= 4 is 163 Å². The molecule has 0 radical (unpaired) electrons. The maximum atomic E-state index is 12.2. The lowest BCUT2D eigenvalue weighted by molar-refractivity contribution is 0.0522. The van der Waals surface area contributed by atoms with E-state index in [4.69, 9.17) is 43.5 Å². The van der Waals surface area contributed by atoms with Crippen LogP contribution >= 0.6 is 78.8 Å². The Kier molecular flexibility index (Phi) is 28.9. The summed E-state index contributed by atoms with van der Waals surface area (Å²) in [5.41, 5.74) is 11.2. The van der Waals surface area contributed by atoms with Gasteiger partial charge in [0.05, 0.1) is 30.6 Å². The molecule has 9 aromatic rings. The molecule has 82 heavy (non-hydrogen) atoms. The molecule has 1 unspecified atom stereocenters. The Bertz CT molecular complexity index is 3470. The average molecular weight is 1330 g/mol. The summed E-state index contributed by atoms with van der Waals surface area (Å²) in [6.45, 7) is 12.5. The number of carboxylic acids is 1. The Balaban J connectivity index is 0.000000274. The van der Waals surface area contributed by atoms with Crippen LogP contribution in [0.1, 0.15) is 81.6 Å². The van der Waals surface area contributed by atoms with Crippen LogP contribution in [-0.2, 0) is 9.47 Å². The van der Waals surface area contributed by atoms with E-state index in [1.165, 1.54) is 16.0 Å². The fourth-order valence-corrected chi connectivity index (χ4v) is 9.02. The molecule has 0 bridgehead atoms. The number of nitrogens with one attached hydrogen (secondary N) is 4. The molecule has 436 valence electrons. The van der Waals surface area contributed by atoms with Crippen molar-refractivity contribution in [2.75, 3.05) is 44.0 Å². The first kappa shape index (κ1) is 69.6. The molecule has 24 heteroatoms. The molecule has 1 saturated heterocycles. The number of ether oxygens (including phenoxy) is 2. The second-order valence-electron chi connectivity index (χ2n) is 18.1. The van der Waals surface area contributed by atoms with Crippen molar-refractivity contribution in [3.8, 4) is 0 Å². The second-order valence-corrected chi connectivity index (χ2v) is 21.7. The van der Waals surface area contributed by atoms with Crippen molar-refractivity contribution in [3.63, 3.8) is 0 Å². The van der Waals surface area contributed by atoms with Crippen molar-refractivity contribution in [3.05, 3.63) is 163 Å². The number of carbonyl (C=O) groups is 3. The molecule has 1 atom stereocenters. The predicted octanol–water partition coefficient (Wildman–Crippen LogP) is 15.5. The molecule has 4 aromatic carbocycles. The second kappa shape index (κ2) is 34.1. The number of H-pyrrole nitrogens is 1. The van der Waals surface area contributed by atoms with Crippen molar-refractivity contribution in [1.29, 1.82) is 0 Å². The van der Waals surface area contributed by atoms with E-state index in [0.29, 0.717) is 33.8 Å². The number of rotatable bonds is 8. The average Bonchev–Trinajstić information content (AvgIpc) is 4.29. The van der Waals surface area contributed by atoms with Crippen LogP contribution in [0, 0.1) is 0 Å². The fourth-order valence-electron chi connectivity index (χ4n) is 6.91. The van der Waals surface area contributed by atoms with Crippen LogP contribution in [0.4, 0.5) is 27.8 Å². The van der Waals surface area contributed by atoms with Crippen molar-refractivity contribution < 1.29 is 29.0 Å². The van der Waals surface area contributed by atoms with E-state index in [9.17, 15) is 14.4 Å². The van der Waals surface area contributed by atoms with Crippen LogP contribution in [0.25, 0.3) is 37.5 Å². The van der Waals surface area contributed by atoms with Gasteiger partial charge in [-0.3, -0.25) is 9.79 Å². The highest BCUT2D eigenvalue weighted by atomic mass is 79.9. The van der Waals surface area contributed by atoms with Gasteiger partial charge in [0.25, 0.3) is 0 Å². The van der Waals surface area contributed by atoms with Gasteiger partial charge in [0.15, 0.2) is 5.78 Å². The lowest BCUT2D eigenvalue weighted by Crippen LogP contribution is -2.27. The number of ketones is 1. The first-order valence-electron chi connectivity index (χ1n) is 24.5. The Morgan fingerprint density at radius 2 is 1.46 bits per heavy atom. The number of aromatic amines is 1. The maximum Gasteiger partial charge on any atom is 0.435 e. The zero-order valence-corrected chi connectivity index (χ0v) is 50.7. The van der Waals surface area contributed by atoms with Crippen molar-refractivity contribution in [2.45, 2.75) is 67.5 Å². The minimum Gasteiger partial charge on any atom is -0.477 e. The minimum absolute atomic E-state index is 0. The number of fused-ring (bicyclic) bond motifs is 3. The van der Waals surface area contributed by atoms with Gasteiger partial charge >= 0.3 is 12.1 Å². The Hall–Kier alpha value is -6.66. The summed E-state index contributed by atoms with van der Waals surface area (Å²) >= 11 is 19.5. The van der Waals surface area contributed by atoms with E-state index in [2.05, 4.69) is 95.8 Å².